The van der Waals surface area contributed by atoms with Gasteiger partial charge >= 0.3 is 0 Å². The molecule has 306 valence electrons. The van der Waals surface area contributed by atoms with Crippen molar-refractivity contribution in [3.8, 4) is 5.75 Å². The van der Waals surface area contributed by atoms with Gasteiger partial charge in [-0.25, -0.2) is 0 Å². The number of carbonyl (C=O) groups is 8. The minimum absolute atomic E-state index is 0.0327. The maximum absolute atomic E-state index is 13.9. The van der Waals surface area contributed by atoms with Gasteiger partial charge in [0.25, 0.3) is 0 Å². The Morgan fingerprint density at radius 1 is 0.571 bits per heavy atom. The van der Waals surface area contributed by atoms with Crippen LogP contribution in [0.3, 0.4) is 0 Å². The van der Waals surface area contributed by atoms with E-state index in [0.717, 1.165) is 0 Å². The van der Waals surface area contributed by atoms with Crippen LogP contribution in [0, 0.1) is 11.8 Å². The fourth-order valence-corrected chi connectivity index (χ4v) is 5.40. The van der Waals surface area contributed by atoms with Gasteiger partial charge in [-0.05, 0) is 54.9 Å². The highest BCUT2D eigenvalue weighted by Gasteiger charge is 2.34. The number of hydrogen-bond acceptors (Lipinski definition) is 10. The molecule has 0 fully saturated rings. The van der Waals surface area contributed by atoms with Crippen molar-refractivity contribution in [2.75, 3.05) is 6.54 Å². The first-order valence-corrected chi connectivity index (χ1v) is 18.2. The number of aromatic hydroxyl groups is 1. The number of phenolic OH excluding ortho intramolecular Hbond substituents is 1. The molecule has 0 unspecified atom stereocenters. The second kappa shape index (κ2) is 22.4. The van der Waals surface area contributed by atoms with E-state index in [0.29, 0.717) is 11.1 Å². The molecule has 18 heteroatoms. The minimum atomic E-state index is -1.41. The van der Waals surface area contributed by atoms with E-state index < -0.39 is 102 Å². The molecule has 2 rings (SSSR count). The predicted molar refractivity (Wildman–Crippen MR) is 206 cm³/mol. The van der Waals surface area contributed by atoms with Crippen LogP contribution in [0.5, 0.6) is 5.75 Å². The third kappa shape index (κ3) is 15.7. The second-order valence-electron chi connectivity index (χ2n) is 14.2. The molecule has 0 spiro atoms. The van der Waals surface area contributed by atoms with Crippen LogP contribution < -0.4 is 49.1 Å². The van der Waals surface area contributed by atoms with Crippen LogP contribution in [-0.4, -0.2) is 95.2 Å². The lowest BCUT2D eigenvalue weighted by atomic mass is 9.98. The van der Waals surface area contributed by atoms with Crippen molar-refractivity contribution < 1.29 is 43.5 Å². The molecular formula is C38H55N9O9. The van der Waals surface area contributed by atoms with E-state index in [9.17, 15) is 43.5 Å². The van der Waals surface area contributed by atoms with E-state index in [1.54, 1.807) is 70.2 Å². The Bertz CT molecular complexity index is 1690. The number of phenols is 1. The maximum atomic E-state index is 13.9. The summed E-state index contributed by atoms with van der Waals surface area (Å²) < 4.78 is 0. The monoisotopic (exact) mass is 781 g/mol. The van der Waals surface area contributed by atoms with Gasteiger partial charge < -0.3 is 54.2 Å². The van der Waals surface area contributed by atoms with Crippen LogP contribution in [0.25, 0.3) is 0 Å². The summed E-state index contributed by atoms with van der Waals surface area (Å²) >= 11 is 0. The van der Waals surface area contributed by atoms with Gasteiger partial charge in [0.15, 0.2) is 0 Å². The van der Waals surface area contributed by atoms with Crippen molar-refractivity contribution in [1.82, 2.24) is 31.9 Å². The molecule has 0 heterocycles. The highest BCUT2D eigenvalue weighted by atomic mass is 16.3. The Morgan fingerprint density at radius 2 is 1.09 bits per heavy atom. The van der Waals surface area contributed by atoms with Gasteiger partial charge in [0.2, 0.25) is 47.3 Å². The van der Waals surface area contributed by atoms with Crippen molar-refractivity contribution in [1.29, 1.82) is 0 Å². The number of hydrogen-bond donors (Lipinski definition) is 10. The highest BCUT2D eigenvalue weighted by molar-refractivity contribution is 5.97. The molecule has 0 aromatic heterocycles. The van der Waals surface area contributed by atoms with Crippen molar-refractivity contribution in [2.24, 2.45) is 29.0 Å². The molecule has 2 aromatic carbocycles. The summed E-state index contributed by atoms with van der Waals surface area (Å²) in [6, 6.07) is 7.63. The Labute approximate surface area is 325 Å². The summed E-state index contributed by atoms with van der Waals surface area (Å²) in [5.74, 6) is -6.86. The van der Waals surface area contributed by atoms with Gasteiger partial charge in [-0.1, -0.05) is 70.2 Å². The summed E-state index contributed by atoms with van der Waals surface area (Å²) in [5, 5.41) is 24.8. The molecule has 2 aromatic rings. The molecule has 0 radical (unpaired) electrons. The molecule has 18 nitrogen and oxygen atoms in total. The minimum Gasteiger partial charge on any atom is -0.508 e. The fourth-order valence-electron chi connectivity index (χ4n) is 5.40. The van der Waals surface area contributed by atoms with Gasteiger partial charge in [-0.3, -0.25) is 38.4 Å². The highest BCUT2D eigenvalue weighted by Crippen LogP contribution is 2.12. The number of nitrogens with two attached hydrogens (primary N) is 3. The van der Waals surface area contributed by atoms with Gasteiger partial charge in [0.05, 0.1) is 12.6 Å². The SMILES string of the molecule is CC(C)[C@H](NC(=O)[C@H](CCC(N)=O)NC(=O)[C@H](Cc1ccccc1)NC(=O)[C@H](C)NC(=O)[C@@H](N)Cc1ccc(O)cc1)C(=O)N[C@H](C(=O)NCC(N)=O)C(C)C. The molecular weight excluding hydrogens is 726 g/mol. The van der Waals surface area contributed by atoms with Crippen molar-refractivity contribution in [2.45, 2.75) is 96.6 Å². The molecule has 56 heavy (non-hydrogen) atoms. The van der Waals surface area contributed by atoms with Gasteiger partial charge in [-0.15, -0.1) is 0 Å². The number of carbonyl (C=O) groups excluding carboxylic acids is 8. The van der Waals surface area contributed by atoms with Gasteiger partial charge in [-0.2, -0.15) is 0 Å². The van der Waals surface area contributed by atoms with Crippen LogP contribution in [0.15, 0.2) is 54.6 Å². The average Bonchev–Trinajstić information content (AvgIpc) is 3.13. The average molecular weight is 782 g/mol. The predicted octanol–water partition coefficient (Wildman–Crippen LogP) is -1.87. The first-order valence-electron chi connectivity index (χ1n) is 18.2. The van der Waals surface area contributed by atoms with E-state index in [1.165, 1.54) is 19.1 Å². The molecule has 0 saturated carbocycles. The number of benzene rings is 2. The molecule has 13 N–H and O–H groups in total. The van der Waals surface area contributed by atoms with Crippen LogP contribution in [-0.2, 0) is 51.2 Å². The summed E-state index contributed by atoms with van der Waals surface area (Å²) in [6.07, 6.45) is -0.496. The quantitative estimate of drug-likeness (QED) is 0.0635. The van der Waals surface area contributed by atoms with Gasteiger partial charge in [0, 0.05) is 12.8 Å². The molecule has 0 aliphatic carbocycles. The fraction of sp³-hybridized carbons (Fsp3) is 0.474. The zero-order valence-corrected chi connectivity index (χ0v) is 32.3. The van der Waals surface area contributed by atoms with E-state index in [1.807, 2.05) is 0 Å². The molecule has 0 bridgehead atoms. The lowest BCUT2D eigenvalue weighted by molar-refractivity contribution is -0.136. The smallest absolute Gasteiger partial charge is 0.243 e. The van der Waals surface area contributed by atoms with Crippen molar-refractivity contribution in [3.63, 3.8) is 0 Å². The third-order valence-electron chi connectivity index (χ3n) is 8.64. The normalized spacial score (nSPS) is 14.2. The standard InChI is InChI=1S/C38H55N9O9/c1-20(2)31(37(55)42-19-30(41)50)47-38(56)32(21(3)4)46-35(53)27(15-16-29(40)49)44-36(54)28(18-23-9-7-6-8-10-23)45-33(51)22(5)43-34(52)26(39)17-24-11-13-25(48)14-12-24/h6-14,20-22,26-28,31-32,48H,15-19,39H2,1-5H3,(H2,40,49)(H2,41,50)(H,42,55)(H,43,52)(H,44,54)(H,45,51)(H,46,53)(H,47,56)/t22-,26-,27-,28-,31-,32-/m0/s1. The largest absolute Gasteiger partial charge is 0.508 e. The zero-order valence-electron chi connectivity index (χ0n) is 32.3. The summed E-state index contributed by atoms with van der Waals surface area (Å²) in [6.45, 7) is 7.58. The first-order chi connectivity index (χ1) is 26.3. The molecule has 0 aliphatic heterocycles. The Balaban J connectivity index is 2.26. The topological polar surface area (TPSA) is 307 Å². The van der Waals surface area contributed by atoms with E-state index in [-0.39, 0.29) is 31.4 Å². The van der Waals surface area contributed by atoms with Crippen molar-refractivity contribution >= 4 is 47.3 Å². The Morgan fingerprint density at radius 3 is 1.64 bits per heavy atom. The lowest BCUT2D eigenvalue weighted by Crippen LogP contribution is -2.61. The lowest BCUT2D eigenvalue weighted by Gasteiger charge is -2.29. The number of amides is 8. The number of nitrogens with one attached hydrogen (secondary N) is 6. The zero-order chi connectivity index (χ0) is 42.1. The van der Waals surface area contributed by atoms with Gasteiger partial charge in [0.1, 0.15) is 36.0 Å². The second-order valence-corrected chi connectivity index (χ2v) is 14.2. The maximum Gasteiger partial charge on any atom is 0.243 e. The van der Waals surface area contributed by atoms with Crippen LogP contribution in [0.4, 0.5) is 0 Å². The van der Waals surface area contributed by atoms with Crippen molar-refractivity contribution in [3.05, 3.63) is 65.7 Å². The number of rotatable bonds is 22. The number of primary amides is 2. The third-order valence-corrected chi connectivity index (χ3v) is 8.64. The molecule has 6 atom stereocenters. The summed E-state index contributed by atoms with van der Waals surface area (Å²) in [7, 11) is 0. The summed E-state index contributed by atoms with van der Waals surface area (Å²) in [5.41, 5.74) is 17.9. The first kappa shape index (κ1) is 46.1. The van der Waals surface area contributed by atoms with Crippen LogP contribution in [0.1, 0.15) is 58.6 Å². The molecule has 8 amide bonds. The van der Waals surface area contributed by atoms with Crippen LogP contribution in [0.2, 0.25) is 0 Å². The van der Waals surface area contributed by atoms with E-state index in [2.05, 4.69) is 31.9 Å². The van der Waals surface area contributed by atoms with Crippen LogP contribution >= 0.6 is 0 Å². The molecule has 0 aliphatic rings. The van der Waals surface area contributed by atoms with E-state index in [4.69, 9.17) is 17.2 Å². The molecule has 0 saturated heterocycles. The van der Waals surface area contributed by atoms with E-state index >= 15 is 0 Å². The Kier molecular flexibility index (Phi) is 18.4. The Hall–Kier alpha value is -6.04. The summed E-state index contributed by atoms with van der Waals surface area (Å²) in [4.78, 5) is 103.